The summed E-state index contributed by atoms with van der Waals surface area (Å²) in [6.07, 6.45) is 2.36. The summed E-state index contributed by atoms with van der Waals surface area (Å²) in [7, 11) is 1.80. The zero-order valence-corrected chi connectivity index (χ0v) is 10.9. The molecule has 0 saturated carbocycles. The van der Waals surface area contributed by atoms with Gasteiger partial charge in [0.2, 0.25) is 5.91 Å². The summed E-state index contributed by atoms with van der Waals surface area (Å²) in [6.45, 7) is 1.01. The van der Waals surface area contributed by atoms with Crippen molar-refractivity contribution in [2.24, 2.45) is 0 Å². The van der Waals surface area contributed by atoms with Gasteiger partial charge in [-0.3, -0.25) is 4.79 Å². The monoisotopic (exact) mass is 256 g/mol. The molecule has 17 heavy (non-hydrogen) atoms. The Hall–Kier alpha value is -1.07. The minimum Gasteiger partial charge on any atom is -0.352 e. The van der Waals surface area contributed by atoms with Crippen molar-refractivity contribution in [1.82, 2.24) is 10.6 Å². The molecule has 1 amide bonds. The van der Waals surface area contributed by atoms with Crippen LogP contribution in [0.1, 0.15) is 12.0 Å². The number of carbonyl (C=O) groups is 1. The molecular formula is C12H17FN2OS. The number of amides is 1. The molecule has 2 N–H and O–H groups in total. The van der Waals surface area contributed by atoms with Crippen molar-refractivity contribution in [2.75, 3.05) is 19.8 Å². The summed E-state index contributed by atoms with van der Waals surface area (Å²) < 4.78 is 13.1. The molecule has 0 atom stereocenters. The van der Waals surface area contributed by atoms with E-state index >= 15 is 0 Å². The molecule has 1 aromatic rings. The van der Waals surface area contributed by atoms with Gasteiger partial charge in [0.25, 0.3) is 0 Å². The summed E-state index contributed by atoms with van der Waals surface area (Å²) >= 11 is 1.54. The quantitative estimate of drug-likeness (QED) is 0.762. The van der Waals surface area contributed by atoms with Crippen LogP contribution in [0, 0.1) is 5.82 Å². The molecule has 3 nitrogen and oxygen atoms in total. The van der Waals surface area contributed by atoms with Crippen LogP contribution in [0.4, 0.5) is 4.39 Å². The van der Waals surface area contributed by atoms with E-state index < -0.39 is 0 Å². The van der Waals surface area contributed by atoms with Gasteiger partial charge in [0.15, 0.2) is 0 Å². The second-order valence-electron chi connectivity index (χ2n) is 3.59. The van der Waals surface area contributed by atoms with Crippen LogP contribution in [-0.4, -0.2) is 25.8 Å². The third-order valence-electron chi connectivity index (χ3n) is 2.32. The second kappa shape index (κ2) is 7.29. The van der Waals surface area contributed by atoms with Crippen LogP contribution in [0.15, 0.2) is 23.1 Å². The molecule has 0 unspecified atom stereocenters. The third-order valence-corrected chi connectivity index (χ3v) is 3.16. The molecular weight excluding hydrogens is 239 g/mol. The van der Waals surface area contributed by atoms with Gasteiger partial charge in [-0.25, -0.2) is 4.39 Å². The summed E-state index contributed by atoms with van der Waals surface area (Å²) in [6, 6.07) is 4.62. The van der Waals surface area contributed by atoms with Crippen LogP contribution >= 0.6 is 11.8 Å². The number of halogens is 1. The van der Waals surface area contributed by atoms with E-state index in [0.29, 0.717) is 19.5 Å². The fraction of sp³-hybridized carbons (Fsp3) is 0.417. The molecule has 0 fully saturated rings. The molecule has 0 aliphatic heterocycles. The number of carbonyl (C=O) groups excluding carboxylic acids is 1. The van der Waals surface area contributed by atoms with E-state index in [2.05, 4.69) is 10.6 Å². The molecule has 0 aromatic heterocycles. The van der Waals surface area contributed by atoms with Crippen molar-refractivity contribution < 1.29 is 9.18 Å². The minimum absolute atomic E-state index is 0.0318. The summed E-state index contributed by atoms with van der Waals surface area (Å²) in [4.78, 5) is 12.4. The molecule has 0 aliphatic rings. The van der Waals surface area contributed by atoms with Gasteiger partial charge in [-0.2, -0.15) is 0 Å². The Bertz CT molecular complexity index is 385. The number of nitrogens with one attached hydrogen (secondary N) is 2. The van der Waals surface area contributed by atoms with Crippen molar-refractivity contribution in [3.8, 4) is 0 Å². The fourth-order valence-electron chi connectivity index (χ4n) is 1.41. The topological polar surface area (TPSA) is 41.1 Å². The highest BCUT2D eigenvalue weighted by Gasteiger charge is 2.05. The number of hydrogen-bond acceptors (Lipinski definition) is 3. The van der Waals surface area contributed by atoms with Crippen LogP contribution in [0.25, 0.3) is 0 Å². The Morgan fingerprint density at radius 1 is 1.47 bits per heavy atom. The van der Waals surface area contributed by atoms with E-state index in [0.717, 1.165) is 10.5 Å². The molecule has 0 saturated heterocycles. The molecule has 0 bridgehead atoms. The first-order chi connectivity index (χ1) is 8.17. The molecule has 1 rings (SSSR count). The van der Waals surface area contributed by atoms with Crippen molar-refractivity contribution in [3.63, 3.8) is 0 Å². The highest BCUT2D eigenvalue weighted by Crippen LogP contribution is 2.21. The van der Waals surface area contributed by atoms with Crippen molar-refractivity contribution in [3.05, 3.63) is 29.6 Å². The van der Waals surface area contributed by atoms with E-state index in [-0.39, 0.29) is 11.7 Å². The summed E-state index contributed by atoms with van der Waals surface area (Å²) in [5.41, 5.74) is 0.815. The average Bonchev–Trinajstić information content (AvgIpc) is 2.34. The Morgan fingerprint density at radius 2 is 2.24 bits per heavy atom. The number of hydrogen-bond donors (Lipinski definition) is 2. The predicted molar refractivity (Wildman–Crippen MR) is 68.6 cm³/mol. The molecule has 0 aliphatic carbocycles. The highest BCUT2D eigenvalue weighted by atomic mass is 32.2. The Morgan fingerprint density at radius 3 is 2.88 bits per heavy atom. The number of benzene rings is 1. The van der Waals surface area contributed by atoms with Crippen LogP contribution in [0.3, 0.4) is 0 Å². The molecule has 5 heteroatoms. The lowest BCUT2D eigenvalue weighted by molar-refractivity contribution is -0.121. The molecule has 0 radical (unpaired) electrons. The third kappa shape index (κ3) is 4.75. The number of rotatable bonds is 6. The fourth-order valence-corrected chi connectivity index (χ4v) is 2.00. The first-order valence-electron chi connectivity index (χ1n) is 5.41. The molecule has 94 valence electrons. The van der Waals surface area contributed by atoms with Crippen molar-refractivity contribution in [1.29, 1.82) is 0 Å². The summed E-state index contributed by atoms with van der Waals surface area (Å²) in [5.74, 6) is -0.307. The first kappa shape index (κ1) is 14.0. The second-order valence-corrected chi connectivity index (χ2v) is 4.43. The van der Waals surface area contributed by atoms with Gasteiger partial charge >= 0.3 is 0 Å². The van der Waals surface area contributed by atoms with Gasteiger partial charge < -0.3 is 10.6 Å². The van der Waals surface area contributed by atoms with Crippen LogP contribution < -0.4 is 10.6 Å². The smallest absolute Gasteiger partial charge is 0.221 e. The van der Waals surface area contributed by atoms with Crippen LogP contribution in [0.5, 0.6) is 0 Å². The molecule has 0 heterocycles. The predicted octanol–water partition coefficient (Wildman–Crippen LogP) is 1.77. The van der Waals surface area contributed by atoms with E-state index in [1.165, 1.54) is 12.1 Å². The SMILES string of the molecule is CNCCC(=O)NCc1cc(F)ccc1SC. The van der Waals surface area contributed by atoms with Crippen molar-refractivity contribution in [2.45, 2.75) is 17.9 Å². The van der Waals surface area contributed by atoms with Crippen LogP contribution in [-0.2, 0) is 11.3 Å². The van der Waals surface area contributed by atoms with E-state index in [4.69, 9.17) is 0 Å². The standard InChI is InChI=1S/C12H17FN2OS/c1-14-6-5-12(16)15-8-9-7-10(13)3-4-11(9)17-2/h3-4,7,14H,5-6,8H2,1-2H3,(H,15,16). The summed E-state index contributed by atoms with van der Waals surface area (Å²) in [5, 5.41) is 5.68. The van der Waals surface area contributed by atoms with Crippen molar-refractivity contribution >= 4 is 17.7 Å². The van der Waals surface area contributed by atoms with Gasteiger partial charge in [-0.1, -0.05) is 0 Å². The Balaban J connectivity index is 2.56. The van der Waals surface area contributed by atoms with E-state index in [9.17, 15) is 9.18 Å². The molecule has 0 spiro atoms. The normalized spacial score (nSPS) is 10.3. The Labute approximate surface area is 105 Å². The lowest BCUT2D eigenvalue weighted by atomic mass is 10.2. The lowest BCUT2D eigenvalue weighted by Crippen LogP contribution is -2.26. The first-order valence-corrected chi connectivity index (χ1v) is 6.63. The average molecular weight is 256 g/mol. The Kier molecular flexibility index (Phi) is 6.00. The minimum atomic E-state index is -0.276. The maximum absolute atomic E-state index is 13.1. The maximum atomic E-state index is 13.1. The van der Waals surface area contributed by atoms with Gasteiger partial charge in [-0.05, 0) is 37.1 Å². The highest BCUT2D eigenvalue weighted by molar-refractivity contribution is 7.98. The zero-order valence-electron chi connectivity index (χ0n) is 10.0. The maximum Gasteiger partial charge on any atom is 0.221 e. The van der Waals surface area contributed by atoms with E-state index in [1.54, 1.807) is 24.9 Å². The van der Waals surface area contributed by atoms with Crippen LogP contribution in [0.2, 0.25) is 0 Å². The van der Waals surface area contributed by atoms with Gasteiger partial charge in [0.1, 0.15) is 5.82 Å². The van der Waals surface area contributed by atoms with Gasteiger partial charge in [-0.15, -0.1) is 11.8 Å². The van der Waals surface area contributed by atoms with Gasteiger partial charge in [0, 0.05) is 24.4 Å². The van der Waals surface area contributed by atoms with Gasteiger partial charge in [0.05, 0.1) is 0 Å². The molecule has 1 aromatic carbocycles. The zero-order chi connectivity index (χ0) is 12.7. The number of thioether (sulfide) groups is 1. The van der Waals surface area contributed by atoms with E-state index in [1.807, 2.05) is 6.26 Å². The lowest BCUT2D eigenvalue weighted by Gasteiger charge is -2.09. The largest absolute Gasteiger partial charge is 0.352 e.